The number of amides is 1. The Morgan fingerprint density at radius 1 is 1.39 bits per heavy atom. The maximum absolute atomic E-state index is 12.3. The van der Waals surface area contributed by atoms with Gasteiger partial charge in [0.2, 0.25) is 5.91 Å². The molecule has 0 aliphatic heterocycles. The molecule has 23 heavy (non-hydrogen) atoms. The molecule has 3 rings (SSSR count). The van der Waals surface area contributed by atoms with E-state index in [2.05, 4.69) is 38.2 Å². The molecule has 0 bridgehead atoms. The highest BCUT2D eigenvalue weighted by Crippen LogP contribution is 2.32. The van der Waals surface area contributed by atoms with Gasteiger partial charge in [-0.15, -0.1) is 0 Å². The van der Waals surface area contributed by atoms with Crippen molar-refractivity contribution >= 4 is 16.9 Å². The van der Waals surface area contributed by atoms with Crippen LogP contribution in [-0.4, -0.2) is 18.5 Å². The minimum atomic E-state index is 0.0294. The lowest BCUT2D eigenvalue weighted by molar-refractivity contribution is -0.121. The topological polar surface area (TPSA) is 68.3 Å². The van der Waals surface area contributed by atoms with Crippen LogP contribution in [-0.2, 0) is 11.2 Å². The Labute approximate surface area is 137 Å². The van der Waals surface area contributed by atoms with E-state index in [0.717, 1.165) is 16.5 Å². The molecule has 1 amide bonds. The van der Waals surface area contributed by atoms with Gasteiger partial charge in [0.15, 0.2) is 0 Å². The van der Waals surface area contributed by atoms with E-state index in [1.54, 1.807) is 6.26 Å². The van der Waals surface area contributed by atoms with Gasteiger partial charge in [0.05, 0.1) is 12.7 Å². The number of nitrogens with one attached hydrogen (secondary N) is 1. The highest BCUT2D eigenvalue weighted by molar-refractivity contribution is 5.88. The quantitative estimate of drug-likeness (QED) is 0.860. The van der Waals surface area contributed by atoms with Gasteiger partial charge >= 0.3 is 0 Å². The van der Waals surface area contributed by atoms with Gasteiger partial charge in [0.1, 0.15) is 5.58 Å². The molecule has 1 fully saturated rings. The molecule has 0 spiro atoms. The molecule has 1 atom stereocenters. The van der Waals surface area contributed by atoms with Crippen LogP contribution in [0.4, 0.5) is 0 Å². The number of carbonyl (C=O) groups is 1. The molecule has 3 N–H and O–H groups in total. The van der Waals surface area contributed by atoms with Gasteiger partial charge in [-0.2, -0.15) is 0 Å². The van der Waals surface area contributed by atoms with Gasteiger partial charge in [-0.25, -0.2) is 0 Å². The number of furan rings is 1. The van der Waals surface area contributed by atoms with E-state index in [1.165, 1.54) is 24.0 Å². The summed E-state index contributed by atoms with van der Waals surface area (Å²) in [6, 6.07) is 4.36. The maximum Gasteiger partial charge on any atom is 0.224 e. The number of fused-ring (bicyclic) bond motifs is 1. The average molecular weight is 314 g/mol. The zero-order valence-electron chi connectivity index (χ0n) is 14.2. The van der Waals surface area contributed by atoms with Crippen molar-refractivity contribution in [3.8, 4) is 0 Å². The van der Waals surface area contributed by atoms with Crippen molar-refractivity contribution < 1.29 is 9.21 Å². The predicted octanol–water partition coefficient (Wildman–Crippen LogP) is 3.26. The molecule has 1 aromatic heterocycles. The second-order valence-electron chi connectivity index (χ2n) is 7.04. The molecule has 1 saturated carbocycles. The summed E-state index contributed by atoms with van der Waals surface area (Å²) in [5.41, 5.74) is 10.1. The lowest BCUT2D eigenvalue weighted by atomic mass is 9.95. The first kappa shape index (κ1) is 16.1. The van der Waals surface area contributed by atoms with E-state index < -0.39 is 0 Å². The van der Waals surface area contributed by atoms with Gasteiger partial charge in [-0.05, 0) is 54.9 Å². The van der Waals surface area contributed by atoms with Crippen LogP contribution in [0.25, 0.3) is 11.0 Å². The number of rotatable bonds is 6. The lowest BCUT2D eigenvalue weighted by Gasteiger charge is -2.15. The predicted molar refractivity (Wildman–Crippen MR) is 92.5 cm³/mol. The van der Waals surface area contributed by atoms with Crippen LogP contribution >= 0.6 is 0 Å². The van der Waals surface area contributed by atoms with Crippen LogP contribution in [0.2, 0.25) is 0 Å². The third-order valence-corrected chi connectivity index (χ3v) is 4.81. The Morgan fingerprint density at radius 2 is 2.13 bits per heavy atom. The minimum Gasteiger partial charge on any atom is -0.464 e. The normalized spacial score (nSPS) is 16.0. The van der Waals surface area contributed by atoms with Crippen molar-refractivity contribution in [3.05, 3.63) is 35.1 Å². The number of nitrogens with two attached hydrogens (primary N) is 1. The fourth-order valence-electron chi connectivity index (χ4n) is 3.30. The molecule has 1 aliphatic carbocycles. The molecule has 124 valence electrons. The summed E-state index contributed by atoms with van der Waals surface area (Å²) in [5.74, 6) is 1.05. The van der Waals surface area contributed by atoms with E-state index in [1.807, 2.05) is 0 Å². The monoisotopic (exact) mass is 314 g/mol. The molecule has 1 heterocycles. The molecule has 0 saturated heterocycles. The first-order valence-corrected chi connectivity index (χ1v) is 8.49. The van der Waals surface area contributed by atoms with Crippen LogP contribution in [0.15, 0.2) is 22.8 Å². The van der Waals surface area contributed by atoms with Crippen molar-refractivity contribution in [1.82, 2.24) is 5.32 Å². The first-order chi connectivity index (χ1) is 11.0. The van der Waals surface area contributed by atoms with Crippen molar-refractivity contribution in [1.29, 1.82) is 0 Å². The zero-order valence-corrected chi connectivity index (χ0v) is 14.2. The van der Waals surface area contributed by atoms with Gasteiger partial charge in [-0.3, -0.25) is 4.79 Å². The largest absolute Gasteiger partial charge is 0.464 e. The SMILES string of the molecule is Cc1cc2occ(CC(=O)NC(CN)C3CC3)c2cc1C(C)C. The summed E-state index contributed by atoms with van der Waals surface area (Å²) >= 11 is 0. The second-order valence-corrected chi connectivity index (χ2v) is 7.04. The average Bonchev–Trinajstić information content (AvgIpc) is 3.27. The fraction of sp³-hybridized carbons (Fsp3) is 0.526. The summed E-state index contributed by atoms with van der Waals surface area (Å²) in [5, 5.41) is 4.12. The Kier molecular flexibility index (Phi) is 4.44. The van der Waals surface area contributed by atoms with Gasteiger partial charge in [0, 0.05) is 23.5 Å². The number of benzene rings is 1. The summed E-state index contributed by atoms with van der Waals surface area (Å²) in [7, 11) is 0. The van der Waals surface area contributed by atoms with Crippen LogP contribution in [0, 0.1) is 12.8 Å². The first-order valence-electron chi connectivity index (χ1n) is 8.49. The Balaban J connectivity index is 1.79. The molecule has 0 radical (unpaired) electrons. The molecule has 1 unspecified atom stereocenters. The second kappa shape index (κ2) is 6.36. The van der Waals surface area contributed by atoms with Crippen LogP contribution in [0.1, 0.15) is 49.3 Å². The van der Waals surface area contributed by atoms with Crippen molar-refractivity contribution in [2.24, 2.45) is 11.7 Å². The summed E-state index contributed by atoms with van der Waals surface area (Å²) in [6.45, 7) is 6.98. The molecule has 2 aromatic rings. The molecular formula is C19H26N2O2. The Morgan fingerprint density at radius 3 is 2.74 bits per heavy atom. The van der Waals surface area contributed by atoms with Crippen LogP contribution in [0.3, 0.4) is 0 Å². The third-order valence-electron chi connectivity index (χ3n) is 4.81. The summed E-state index contributed by atoms with van der Waals surface area (Å²) in [6.07, 6.45) is 4.40. The molecule has 4 heteroatoms. The van der Waals surface area contributed by atoms with Crippen LogP contribution < -0.4 is 11.1 Å². The van der Waals surface area contributed by atoms with Crippen molar-refractivity contribution in [2.75, 3.05) is 6.54 Å². The highest BCUT2D eigenvalue weighted by Gasteiger charge is 2.31. The third kappa shape index (κ3) is 3.42. The van der Waals surface area contributed by atoms with E-state index in [0.29, 0.717) is 24.8 Å². The van der Waals surface area contributed by atoms with Crippen molar-refractivity contribution in [3.63, 3.8) is 0 Å². The van der Waals surface area contributed by atoms with Crippen molar-refractivity contribution in [2.45, 2.75) is 52.0 Å². The fourth-order valence-corrected chi connectivity index (χ4v) is 3.30. The Bertz CT molecular complexity index is 713. The van der Waals surface area contributed by atoms with E-state index >= 15 is 0 Å². The zero-order chi connectivity index (χ0) is 16.6. The highest BCUT2D eigenvalue weighted by atomic mass is 16.3. The summed E-state index contributed by atoms with van der Waals surface area (Å²) < 4.78 is 5.65. The number of hydrogen-bond acceptors (Lipinski definition) is 3. The number of aryl methyl sites for hydroxylation is 1. The molecule has 1 aliphatic rings. The van der Waals surface area contributed by atoms with Gasteiger partial charge in [0.25, 0.3) is 0 Å². The Hall–Kier alpha value is -1.81. The molecule has 1 aromatic carbocycles. The molecule has 4 nitrogen and oxygen atoms in total. The minimum absolute atomic E-state index is 0.0294. The standard InChI is InChI=1S/C19H26N2O2/c1-11(2)15-8-16-14(10-23-18(16)6-12(15)3)7-19(22)21-17(9-20)13-4-5-13/h6,8,10-11,13,17H,4-5,7,9,20H2,1-3H3,(H,21,22). The van der Waals surface area contributed by atoms with Crippen LogP contribution in [0.5, 0.6) is 0 Å². The van der Waals surface area contributed by atoms with Gasteiger partial charge in [-0.1, -0.05) is 13.8 Å². The van der Waals surface area contributed by atoms with E-state index in [9.17, 15) is 4.79 Å². The smallest absolute Gasteiger partial charge is 0.224 e. The number of hydrogen-bond donors (Lipinski definition) is 2. The molecular weight excluding hydrogens is 288 g/mol. The van der Waals surface area contributed by atoms with E-state index in [-0.39, 0.29) is 11.9 Å². The van der Waals surface area contributed by atoms with E-state index in [4.69, 9.17) is 10.2 Å². The van der Waals surface area contributed by atoms with Gasteiger partial charge < -0.3 is 15.5 Å². The summed E-state index contributed by atoms with van der Waals surface area (Å²) in [4.78, 5) is 12.3. The number of carbonyl (C=O) groups excluding carboxylic acids is 1. The maximum atomic E-state index is 12.3. The lowest BCUT2D eigenvalue weighted by Crippen LogP contribution is -2.42.